The summed E-state index contributed by atoms with van der Waals surface area (Å²) in [5.41, 5.74) is -0.327. The smallest absolute Gasteiger partial charge is 0.164 e. The van der Waals surface area contributed by atoms with Crippen molar-refractivity contribution in [3.63, 3.8) is 0 Å². The average Bonchev–Trinajstić information content (AvgIpc) is 2.29. The molecule has 0 spiro atoms. The molecule has 1 rings (SSSR count). The first-order valence-electron chi connectivity index (χ1n) is 5.87. The summed E-state index contributed by atoms with van der Waals surface area (Å²) in [5, 5.41) is 0. The summed E-state index contributed by atoms with van der Waals surface area (Å²) >= 11 is 0. The lowest BCUT2D eigenvalue weighted by molar-refractivity contribution is -0.130. The van der Waals surface area contributed by atoms with Crippen molar-refractivity contribution in [3.05, 3.63) is 0 Å². The molecule has 0 aromatic heterocycles. The van der Waals surface area contributed by atoms with Crippen LogP contribution in [0, 0.1) is 12.3 Å². The highest BCUT2D eigenvalue weighted by atomic mass is 16.1. The molecule has 0 radical (unpaired) electrons. The normalized spacial score (nSPS) is 21.7. The minimum atomic E-state index is -0.327. The van der Waals surface area contributed by atoms with Crippen LogP contribution in [-0.4, -0.2) is 29.3 Å². The Kier molecular flexibility index (Phi) is 4.35. The molecule has 0 amide bonds. The van der Waals surface area contributed by atoms with Crippen LogP contribution >= 0.6 is 0 Å². The number of likely N-dealkylation sites (tertiary alicyclic amines) is 1. The third-order valence-corrected chi connectivity index (χ3v) is 3.61. The van der Waals surface area contributed by atoms with Crippen LogP contribution in [-0.2, 0) is 4.79 Å². The molecule has 2 nitrogen and oxygen atoms in total. The van der Waals surface area contributed by atoms with Gasteiger partial charge in [-0.05, 0) is 39.3 Å². The second-order valence-electron chi connectivity index (χ2n) is 4.48. The van der Waals surface area contributed by atoms with Gasteiger partial charge in [-0.2, -0.15) is 0 Å². The minimum absolute atomic E-state index is 0.203. The van der Waals surface area contributed by atoms with Crippen LogP contribution in [0.3, 0.4) is 0 Å². The molecular formula is C13H21NO. The maximum atomic E-state index is 12.0. The summed E-state index contributed by atoms with van der Waals surface area (Å²) in [4.78, 5) is 14.3. The Morgan fingerprint density at radius 3 is 2.47 bits per heavy atom. The lowest BCUT2D eigenvalue weighted by Crippen LogP contribution is -2.53. The van der Waals surface area contributed by atoms with Crippen LogP contribution in [0.15, 0.2) is 0 Å². The molecule has 84 valence electrons. The number of terminal acetylenes is 1. The van der Waals surface area contributed by atoms with Crippen LogP contribution in [0.5, 0.6) is 0 Å². The molecule has 1 unspecified atom stereocenters. The van der Waals surface area contributed by atoms with Gasteiger partial charge in [-0.3, -0.25) is 9.69 Å². The van der Waals surface area contributed by atoms with Gasteiger partial charge in [-0.25, -0.2) is 0 Å². The van der Waals surface area contributed by atoms with Gasteiger partial charge in [0.2, 0.25) is 0 Å². The maximum absolute atomic E-state index is 12.0. The number of rotatable bonds is 4. The summed E-state index contributed by atoms with van der Waals surface area (Å²) in [6, 6.07) is 0. The van der Waals surface area contributed by atoms with E-state index in [-0.39, 0.29) is 17.7 Å². The van der Waals surface area contributed by atoms with Gasteiger partial charge < -0.3 is 0 Å². The van der Waals surface area contributed by atoms with E-state index in [1.807, 2.05) is 6.92 Å². The number of hydrogen-bond acceptors (Lipinski definition) is 2. The van der Waals surface area contributed by atoms with Crippen LogP contribution in [0.2, 0.25) is 0 Å². The highest BCUT2D eigenvalue weighted by Gasteiger charge is 2.36. The zero-order chi connectivity index (χ0) is 11.3. The molecule has 15 heavy (non-hydrogen) atoms. The SMILES string of the molecule is C#CCC(=O)C(C)(CC)N1CCCCC1. The van der Waals surface area contributed by atoms with E-state index in [0.29, 0.717) is 0 Å². The van der Waals surface area contributed by atoms with Crippen molar-refractivity contribution in [3.8, 4) is 12.3 Å². The van der Waals surface area contributed by atoms with Crippen LogP contribution in [0.25, 0.3) is 0 Å². The molecule has 1 atom stereocenters. The standard InChI is InChI=1S/C13H21NO/c1-4-9-12(15)13(3,5-2)14-10-7-6-8-11-14/h1H,5-11H2,2-3H3. The Morgan fingerprint density at radius 2 is 2.00 bits per heavy atom. The molecule has 2 heteroatoms. The first-order valence-corrected chi connectivity index (χ1v) is 5.87. The molecule has 1 aliphatic rings. The predicted molar refractivity (Wildman–Crippen MR) is 62.6 cm³/mol. The quantitative estimate of drug-likeness (QED) is 0.659. The van der Waals surface area contributed by atoms with E-state index in [2.05, 4.69) is 17.7 Å². The summed E-state index contributed by atoms with van der Waals surface area (Å²) in [5.74, 6) is 2.67. The van der Waals surface area contributed by atoms with Gasteiger partial charge in [0.25, 0.3) is 0 Å². The predicted octanol–water partition coefficient (Wildman–Crippen LogP) is 2.23. The largest absolute Gasteiger partial charge is 0.297 e. The van der Waals surface area contributed by atoms with Gasteiger partial charge in [0, 0.05) is 0 Å². The topological polar surface area (TPSA) is 20.3 Å². The van der Waals surface area contributed by atoms with Gasteiger partial charge in [-0.15, -0.1) is 6.42 Å². The van der Waals surface area contributed by atoms with Crippen molar-refractivity contribution < 1.29 is 4.79 Å². The van der Waals surface area contributed by atoms with Crippen molar-refractivity contribution in [2.45, 2.75) is 51.5 Å². The van der Waals surface area contributed by atoms with Crippen LogP contribution in [0.4, 0.5) is 0 Å². The number of carbonyl (C=O) groups excluding carboxylic acids is 1. The molecule has 1 saturated heterocycles. The Balaban J connectivity index is 2.73. The molecule has 1 fully saturated rings. The van der Waals surface area contributed by atoms with Gasteiger partial charge in [0.1, 0.15) is 0 Å². The Hall–Kier alpha value is -0.810. The lowest BCUT2D eigenvalue weighted by Gasteiger charge is -2.41. The monoisotopic (exact) mass is 207 g/mol. The highest BCUT2D eigenvalue weighted by Crippen LogP contribution is 2.25. The van der Waals surface area contributed by atoms with Gasteiger partial charge in [-0.1, -0.05) is 19.3 Å². The van der Waals surface area contributed by atoms with Crippen molar-refractivity contribution >= 4 is 5.78 Å². The summed E-state index contributed by atoms with van der Waals surface area (Å²) < 4.78 is 0. The van der Waals surface area contributed by atoms with E-state index in [1.54, 1.807) is 0 Å². The third-order valence-electron chi connectivity index (χ3n) is 3.61. The molecule has 0 aromatic rings. The second-order valence-corrected chi connectivity index (χ2v) is 4.48. The van der Waals surface area contributed by atoms with E-state index in [1.165, 1.54) is 19.3 Å². The number of hydrogen-bond donors (Lipinski definition) is 0. The Morgan fingerprint density at radius 1 is 1.40 bits per heavy atom. The fourth-order valence-corrected chi connectivity index (χ4v) is 2.27. The fraction of sp³-hybridized carbons (Fsp3) is 0.769. The number of piperidine rings is 1. The highest BCUT2D eigenvalue weighted by molar-refractivity contribution is 5.89. The average molecular weight is 207 g/mol. The third kappa shape index (κ3) is 2.60. The van der Waals surface area contributed by atoms with E-state index in [4.69, 9.17) is 6.42 Å². The molecular weight excluding hydrogens is 186 g/mol. The van der Waals surface area contributed by atoms with Gasteiger partial charge >= 0.3 is 0 Å². The molecule has 1 heterocycles. The zero-order valence-electron chi connectivity index (χ0n) is 9.88. The number of carbonyl (C=O) groups is 1. The van der Waals surface area contributed by atoms with E-state index in [0.717, 1.165) is 19.5 Å². The lowest BCUT2D eigenvalue weighted by atomic mass is 9.87. The zero-order valence-corrected chi connectivity index (χ0v) is 9.88. The first-order chi connectivity index (χ1) is 7.15. The fourth-order valence-electron chi connectivity index (χ4n) is 2.27. The molecule has 0 aromatic carbocycles. The molecule has 0 saturated carbocycles. The Bertz CT molecular complexity index is 260. The molecule has 1 aliphatic heterocycles. The van der Waals surface area contributed by atoms with Gasteiger partial charge in [0.15, 0.2) is 5.78 Å². The van der Waals surface area contributed by atoms with Crippen LogP contribution in [0.1, 0.15) is 46.0 Å². The van der Waals surface area contributed by atoms with Crippen molar-refractivity contribution in [1.82, 2.24) is 4.90 Å². The summed E-state index contributed by atoms with van der Waals surface area (Å²) in [7, 11) is 0. The first kappa shape index (κ1) is 12.3. The number of nitrogens with zero attached hydrogens (tertiary/aromatic N) is 1. The van der Waals surface area contributed by atoms with E-state index < -0.39 is 0 Å². The van der Waals surface area contributed by atoms with Crippen LogP contribution < -0.4 is 0 Å². The van der Waals surface area contributed by atoms with E-state index >= 15 is 0 Å². The number of Topliss-reactive ketones (excluding diaryl/α,β-unsaturated/α-hetero) is 1. The Labute approximate surface area is 93.0 Å². The van der Waals surface area contributed by atoms with E-state index in [9.17, 15) is 4.79 Å². The molecule has 0 aliphatic carbocycles. The molecule has 0 bridgehead atoms. The minimum Gasteiger partial charge on any atom is -0.297 e. The maximum Gasteiger partial charge on any atom is 0.164 e. The van der Waals surface area contributed by atoms with Gasteiger partial charge in [0.05, 0.1) is 12.0 Å². The van der Waals surface area contributed by atoms with Crippen molar-refractivity contribution in [1.29, 1.82) is 0 Å². The summed E-state index contributed by atoms with van der Waals surface area (Å²) in [6.45, 7) is 6.20. The van der Waals surface area contributed by atoms with Crippen molar-refractivity contribution in [2.75, 3.05) is 13.1 Å². The summed E-state index contributed by atoms with van der Waals surface area (Å²) in [6.07, 6.45) is 10.0. The second kappa shape index (κ2) is 5.32. The number of ketones is 1. The van der Waals surface area contributed by atoms with Crippen molar-refractivity contribution in [2.24, 2.45) is 0 Å². The molecule has 0 N–H and O–H groups in total.